The van der Waals surface area contributed by atoms with Crippen LogP contribution in [-0.2, 0) is 0 Å². The number of aromatic amines is 1. The summed E-state index contributed by atoms with van der Waals surface area (Å²) in [5, 5.41) is 11.5. The molecule has 1 aliphatic rings. The number of hydrogen-bond donors (Lipinski definition) is 3. The summed E-state index contributed by atoms with van der Waals surface area (Å²) in [7, 11) is 0. The molecule has 1 saturated carbocycles. The SMILES string of the molecule is Cc1n[nH]c2cc(Nc3nc(N)c4oc(C5CC5)cc4n3)ccc12. The van der Waals surface area contributed by atoms with E-state index < -0.39 is 0 Å². The Labute approximate surface area is 137 Å². The lowest BCUT2D eigenvalue weighted by Gasteiger charge is -2.05. The molecule has 5 rings (SSSR count). The molecule has 3 aromatic heterocycles. The van der Waals surface area contributed by atoms with Crippen LogP contribution in [0.3, 0.4) is 0 Å². The van der Waals surface area contributed by atoms with Gasteiger partial charge in [-0.15, -0.1) is 0 Å². The number of rotatable bonds is 3. The molecule has 4 N–H and O–H groups in total. The monoisotopic (exact) mass is 320 g/mol. The molecule has 1 fully saturated rings. The molecule has 0 aliphatic heterocycles. The summed E-state index contributed by atoms with van der Waals surface area (Å²) in [6, 6.07) is 7.93. The fourth-order valence-corrected chi connectivity index (χ4v) is 2.96. The van der Waals surface area contributed by atoms with Crippen LogP contribution in [0.2, 0.25) is 0 Å². The normalized spacial score (nSPS) is 14.5. The van der Waals surface area contributed by atoms with Crippen LogP contribution in [0, 0.1) is 6.92 Å². The van der Waals surface area contributed by atoms with Gasteiger partial charge in [0.05, 0.1) is 11.2 Å². The number of fused-ring (bicyclic) bond motifs is 2. The number of nitrogens with two attached hydrogens (primary N) is 1. The van der Waals surface area contributed by atoms with Crippen LogP contribution in [0.15, 0.2) is 28.7 Å². The number of hydrogen-bond acceptors (Lipinski definition) is 6. The first-order valence-electron chi connectivity index (χ1n) is 7.96. The van der Waals surface area contributed by atoms with Crippen LogP contribution < -0.4 is 11.1 Å². The van der Waals surface area contributed by atoms with Crippen LogP contribution in [0.1, 0.15) is 30.2 Å². The number of benzene rings is 1. The Morgan fingerprint density at radius 3 is 2.96 bits per heavy atom. The summed E-state index contributed by atoms with van der Waals surface area (Å²) in [5.74, 6) is 2.28. The van der Waals surface area contributed by atoms with Crippen molar-refractivity contribution >= 4 is 39.5 Å². The van der Waals surface area contributed by atoms with Crippen LogP contribution in [-0.4, -0.2) is 20.2 Å². The van der Waals surface area contributed by atoms with Gasteiger partial charge in [-0.2, -0.15) is 10.1 Å². The number of nitrogens with zero attached hydrogens (tertiary/aromatic N) is 3. The van der Waals surface area contributed by atoms with E-state index in [1.54, 1.807) is 0 Å². The molecule has 0 atom stereocenters. The van der Waals surface area contributed by atoms with Crippen molar-refractivity contribution in [2.24, 2.45) is 0 Å². The second kappa shape index (κ2) is 4.70. The van der Waals surface area contributed by atoms with E-state index in [4.69, 9.17) is 10.2 Å². The zero-order valence-corrected chi connectivity index (χ0v) is 13.1. The molecule has 0 amide bonds. The first-order valence-corrected chi connectivity index (χ1v) is 7.96. The van der Waals surface area contributed by atoms with E-state index in [0.29, 0.717) is 23.3 Å². The molecular formula is C17H16N6O. The maximum atomic E-state index is 6.04. The topological polar surface area (TPSA) is 106 Å². The van der Waals surface area contributed by atoms with Crippen molar-refractivity contribution < 1.29 is 4.42 Å². The van der Waals surface area contributed by atoms with E-state index in [1.807, 2.05) is 31.2 Å². The van der Waals surface area contributed by atoms with Gasteiger partial charge in [-0.25, -0.2) is 4.98 Å². The zero-order chi connectivity index (χ0) is 16.3. The molecule has 7 heteroatoms. The standard InChI is InChI=1S/C17H16N6O/c1-8-11-5-4-10(6-12(11)23-22-8)19-17-20-13-7-14(9-2-3-9)24-15(13)16(18)21-17/h4-7,9H,2-3H2,1H3,(H,22,23)(H3,18,19,20,21). The number of furan rings is 1. The van der Waals surface area contributed by atoms with Gasteiger partial charge >= 0.3 is 0 Å². The molecule has 1 aliphatic carbocycles. The minimum absolute atomic E-state index is 0.355. The van der Waals surface area contributed by atoms with Crippen LogP contribution >= 0.6 is 0 Å². The number of aryl methyl sites for hydroxylation is 1. The van der Waals surface area contributed by atoms with Gasteiger partial charge in [0.25, 0.3) is 0 Å². The van der Waals surface area contributed by atoms with Crippen molar-refractivity contribution in [2.45, 2.75) is 25.7 Å². The zero-order valence-electron chi connectivity index (χ0n) is 13.1. The third-order valence-corrected chi connectivity index (χ3v) is 4.41. The number of nitrogen functional groups attached to an aromatic ring is 1. The molecule has 0 saturated heterocycles. The van der Waals surface area contributed by atoms with Gasteiger partial charge in [-0.1, -0.05) is 0 Å². The van der Waals surface area contributed by atoms with E-state index in [1.165, 1.54) is 12.8 Å². The minimum Gasteiger partial charge on any atom is -0.455 e. The van der Waals surface area contributed by atoms with Gasteiger partial charge < -0.3 is 15.5 Å². The van der Waals surface area contributed by atoms with Crippen molar-refractivity contribution in [3.63, 3.8) is 0 Å². The molecule has 7 nitrogen and oxygen atoms in total. The van der Waals surface area contributed by atoms with Gasteiger partial charge in [0.1, 0.15) is 11.3 Å². The number of H-pyrrole nitrogens is 1. The Hall–Kier alpha value is -3.09. The van der Waals surface area contributed by atoms with E-state index in [0.717, 1.165) is 33.6 Å². The van der Waals surface area contributed by atoms with E-state index in [2.05, 4.69) is 25.5 Å². The molecule has 120 valence electrons. The Morgan fingerprint density at radius 1 is 1.25 bits per heavy atom. The maximum absolute atomic E-state index is 6.04. The van der Waals surface area contributed by atoms with Gasteiger partial charge in [0, 0.05) is 23.1 Å². The lowest BCUT2D eigenvalue weighted by molar-refractivity contribution is 0.552. The Balaban J connectivity index is 1.52. The molecule has 3 heterocycles. The number of anilines is 3. The smallest absolute Gasteiger partial charge is 0.229 e. The van der Waals surface area contributed by atoms with E-state index in [9.17, 15) is 0 Å². The number of aromatic nitrogens is 4. The second-order valence-corrected chi connectivity index (χ2v) is 6.26. The first kappa shape index (κ1) is 13.4. The fraction of sp³-hybridized carbons (Fsp3) is 0.235. The molecule has 24 heavy (non-hydrogen) atoms. The summed E-state index contributed by atoms with van der Waals surface area (Å²) in [4.78, 5) is 8.84. The quantitative estimate of drug-likeness (QED) is 0.532. The predicted octanol–water partition coefficient (Wildman–Crippen LogP) is 3.61. The van der Waals surface area contributed by atoms with Gasteiger partial charge in [-0.3, -0.25) is 5.10 Å². The number of nitrogens with one attached hydrogen (secondary N) is 2. The van der Waals surface area contributed by atoms with Crippen molar-refractivity contribution in [2.75, 3.05) is 11.1 Å². The molecule has 0 spiro atoms. The maximum Gasteiger partial charge on any atom is 0.229 e. The predicted molar refractivity (Wildman–Crippen MR) is 92.3 cm³/mol. The molecule has 0 radical (unpaired) electrons. The average molecular weight is 320 g/mol. The fourth-order valence-electron chi connectivity index (χ4n) is 2.96. The average Bonchev–Trinajstić information content (AvgIpc) is 3.22. The summed E-state index contributed by atoms with van der Waals surface area (Å²) in [5.41, 5.74) is 10.2. The minimum atomic E-state index is 0.355. The highest BCUT2D eigenvalue weighted by Crippen LogP contribution is 2.42. The Kier molecular flexibility index (Phi) is 2.62. The second-order valence-electron chi connectivity index (χ2n) is 6.26. The van der Waals surface area contributed by atoms with Crippen molar-refractivity contribution in [1.82, 2.24) is 20.2 Å². The van der Waals surface area contributed by atoms with Gasteiger partial charge in [0.2, 0.25) is 5.95 Å². The van der Waals surface area contributed by atoms with E-state index >= 15 is 0 Å². The summed E-state index contributed by atoms with van der Waals surface area (Å²) < 4.78 is 5.80. The van der Waals surface area contributed by atoms with E-state index in [-0.39, 0.29) is 0 Å². The van der Waals surface area contributed by atoms with Crippen LogP contribution in [0.4, 0.5) is 17.5 Å². The summed E-state index contributed by atoms with van der Waals surface area (Å²) in [6.45, 7) is 1.97. The Morgan fingerprint density at radius 2 is 2.12 bits per heavy atom. The molecule has 0 bridgehead atoms. The third kappa shape index (κ3) is 2.09. The van der Waals surface area contributed by atoms with Gasteiger partial charge in [0.15, 0.2) is 11.4 Å². The highest BCUT2D eigenvalue weighted by Gasteiger charge is 2.28. The molecule has 1 aromatic carbocycles. The van der Waals surface area contributed by atoms with Crippen LogP contribution in [0.25, 0.3) is 22.0 Å². The van der Waals surface area contributed by atoms with Crippen molar-refractivity contribution in [3.05, 3.63) is 35.7 Å². The summed E-state index contributed by atoms with van der Waals surface area (Å²) in [6.07, 6.45) is 2.34. The molecule has 4 aromatic rings. The molecular weight excluding hydrogens is 304 g/mol. The van der Waals surface area contributed by atoms with Crippen LogP contribution in [0.5, 0.6) is 0 Å². The van der Waals surface area contributed by atoms with Crippen molar-refractivity contribution in [1.29, 1.82) is 0 Å². The lowest BCUT2D eigenvalue weighted by Crippen LogP contribution is -2.00. The first-order chi connectivity index (χ1) is 11.7. The highest BCUT2D eigenvalue weighted by atomic mass is 16.3. The molecule has 0 unspecified atom stereocenters. The summed E-state index contributed by atoms with van der Waals surface area (Å²) >= 11 is 0. The Bertz CT molecular complexity index is 1080. The van der Waals surface area contributed by atoms with Crippen molar-refractivity contribution in [3.8, 4) is 0 Å². The lowest BCUT2D eigenvalue weighted by atomic mass is 10.2. The largest absolute Gasteiger partial charge is 0.455 e. The highest BCUT2D eigenvalue weighted by molar-refractivity contribution is 5.87. The van der Waals surface area contributed by atoms with Gasteiger partial charge in [-0.05, 0) is 38.0 Å². The third-order valence-electron chi connectivity index (χ3n) is 4.41.